The number of aliphatic imine (C=N–C) groups is 1. The number of allylic oxidation sites excluding steroid dienone is 1. The number of rotatable bonds is 7. The monoisotopic (exact) mass is 508 g/mol. The molecule has 1 amide bonds. The van der Waals surface area contributed by atoms with Gasteiger partial charge in [0.15, 0.2) is 5.17 Å². The van der Waals surface area contributed by atoms with E-state index in [-0.39, 0.29) is 29.5 Å². The Morgan fingerprint density at radius 2 is 2.00 bits per heavy atom. The molecule has 1 N–H and O–H groups in total. The van der Waals surface area contributed by atoms with Gasteiger partial charge < -0.3 is 15.0 Å². The van der Waals surface area contributed by atoms with Crippen LogP contribution >= 0.6 is 11.8 Å². The molecular weight excluding hydrogens is 480 g/mol. The lowest BCUT2D eigenvalue weighted by Crippen LogP contribution is -2.42. The van der Waals surface area contributed by atoms with Gasteiger partial charge >= 0.3 is 5.97 Å². The molecule has 188 valence electrons. The zero-order chi connectivity index (χ0) is 25.8. The van der Waals surface area contributed by atoms with Crippen molar-refractivity contribution in [3.8, 4) is 0 Å². The Morgan fingerprint density at radius 1 is 1.25 bits per heavy atom. The number of nitrogens with zero attached hydrogens (tertiary/aromatic N) is 3. The average molecular weight is 509 g/mol. The van der Waals surface area contributed by atoms with E-state index in [2.05, 4.69) is 10.2 Å². The highest BCUT2D eigenvalue weighted by molar-refractivity contribution is 8.13. The number of anilines is 1. The summed E-state index contributed by atoms with van der Waals surface area (Å²) in [7, 11) is 0. The van der Waals surface area contributed by atoms with Crippen molar-refractivity contribution in [2.75, 3.05) is 24.2 Å². The Morgan fingerprint density at radius 3 is 2.69 bits per heavy atom. The minimum Gasteiger partial charge on any atom is -0.462 e. The molecule has 0 saturated carbocycles. The molecule has 2 aliphatic heterocycles. The summed E-state index contributed by atoms with van der Waals surface area (Å²) in [6.45, 7) is 6.88. The van der Waals surface area contributed by atoms with E-state index in [1.807, 2.05) is 39.0 Å². The summed E-state index contributed by atoms with van der Waals surface area (Å²) in [5, 5.41) is 14.6. The minimum absolute atomic E-state index is 0.0817. The molecule has 1 saturated heterocycles. The fraction of sp³-hybridized carbons (Fsp3) is 0.346. The molecule has 2 heterocycles. The number of carbonyl (C=O) groups excluding carboxylic acids is 2. The Labute approximate surface area is 213 Å². The maximum atomic E-state index is 13.2. The van der Waals surface area contributed by atoms with E-state index in [9.17, 15) is 19.7 Å². The summed E-state index contributed by atoms with van der Waals surface area (Å²) in [6, 6.07) is 12.4. The first-order valence-corrected chi connectivity index (χ1v) is 12.7. The van der Waals surface area contributed by atoms with Crippen LogP contribution < -0.4 is 5.32 Å². The van der Waals surface area contributed by atoms with Crippen molar-refractivity contribution in [2.45, 2.75) is 33.2 Å². The van der Waals surface area contributed by atoms with Crippen LogP contribution in [0, 0.1) is 16.0 Å². The second-order valence-corrected chi connectivity index (χ2v) is 10.1. The average Bonchev–Trinajstić information content (AvgIpc) is 2.86. The highest BCUT2D eigenvalue weighted by Gasteiger charge is 2.38. The van der Waals surface area contributed by atoms with Crippen molar-refractivity contribution in [2.24, 2.45) is 10.9 Å². The number of nitro groups is 1. The van der Waals surface area contributed by atoms with Crippen molar-refractivity contribution in [1.82, 2.24) is 4.90 Å². The van der Waals surface area contributed by atoms with Crippen LogP contribution in [0.15, 0.2) is 64.8 Å². The van der Waals surface area contributed by atoms with Crippen LogP contribution in [0.2, 0.25) is 0 Å². The maximum absolute atomic E-state index is 13.2. The SMILES string of the molecule is CC1=C(C(=O)OCC(C)C)C(c2cccc(NC(=O)c3ccc([N+](=O)[O-])cc3)c2)N2CCCSC2=N1. The lowest BCUT2D eigenvalue weighted by molar-refractivity contribution is -0.384. The highest BCUT2D eigenvalue weighted by atomic mass is 32.2. The van der Waals surface area contributed by atoms with Gasteiger partial charge in [-0.25, -0.2) is 9.79 Å². The van der Waals surface area contributed by atoms with Crippen molar-refractivity contribution in [3.05, 3.63) is 81.0 Å². The standard InChI is InChI=1S/C26H28N4O5S/c1-16(2)15-35-25(32)22-17(3)27-26-29(12-5-13-36-26)23(22)19-6-4-7-20(14-19)28-24(31)18-8-10-21(11-9-18)30(33)34/h4,6-11,14,16,23H,5,12-13,15H2,1-3H3,(H,28,31). The molecule has 2 aromatic carbocycles. The first-order valence-electron chi connectivity index (χ1n) is 11.8. The van der Waals surface area contributed by atoms with Gasteiger partial charge in [-0.2, -0.15) is 0 Å². The number of esters is 1. The zero-order valence-electron chi connectivity index (χ0n) is 20.4. The molecule has 1 atom stereocenters. The first kappa shape index (κ1) is 25.4. The van der Waals surface area contributed by atoms with Crippen LogP contribution in [0.3, 0.4) is 0 Å². The molecular formula is C26H28N4O5S. The molecule has 36 heavy (non-hydrogen) atoms. The smallest absolute Gasteiger partial charge is 0.338 e. The summed E-state index contributed by atoms with van der Waals surface area (Å²) in [4.78, 5) is 43.2. The van der Waals surface area contributed by atoms with E-state index in [1.165, 1.54) is 24.3 Å². The predicted octanol–water partition coefficient (Wildman–Crippen LogP) is 5.17. The van der Waals surface area contributed by atoms with Gasteiger partial charge in [0.2, 0.25) is 0 Å². The van der Waals surface area contributed by atoms with Crippen LogP contribution in [0.4, 0.5) is 11.4 Å². The summed E-state index contributed by atoms with van der Waals surface area (Å²) in [5.41, 5.74) is 2.75. The molecule has 10 heteroatoms. The Hall–Kier alpha value is -3.66. The molecule has 2 aromatic rings. The Bertz CT molecular complexity index is 1240. The van der Waals surface area contributed by atoms with Crippen LogP contribution in [0.25, 0.3) is 0 Å². The number of amidine groups is 1. The lowest BCUT2D eigenvalue weighted by Gasteiger charge is -2.40. The number of fused-ring (bicyclic) bond motifs is 1. The number of amides is 1. The minimum atomic E-state index is -0.509. The number of non-ortho nitro benzene ring substituents is 1. The molecule has 0 radical (unpaired) electrons. The highest BCUT2D eigenvalue weighted by Crippen LogP contribution is 2.40. The fourth-order valence-corrected chi connectivity index (χ4v) is 5.14. The molecule has 0 aromatic heterocycles. The summed E-state index contributed by atoms with van der Waals surface area (Å²) in [5.74, 6) is 0.405. The van der Waals surface area contributed by atoms with Gasteiger partial charge in [-0.3, -0.25) is 14.9 Å². The molecule has 1 fully saturated rings. The third-order valence-corrected chi connectivity index (χ3v) is 6.90. The van der Waals surface area contributed by atoms with E-state index in [1.54, 1.807) is 17.8 Å². The molecule has 0 bridgehead atoms. The number of carbonyl (C=O) groups is 2. The Balaban J connectivity index is 1.63. The number of thioether (sulfide) groups is 1. The predicted molar refractivity (Wildman–Crippen MR) is 140 cm³/mol. The molecule has 4 rings (SSSR count). The number of benzene rings is 2. The van der Waals surface area contributed by atoms with E-state index < -0.39 is 4.92 Å². The zero-order valence-corrected chi connectivity index (χ0v) is 21.2. The van der Waals surface area contributed by atoms with Gasteiger partial charge in [0.25, 0.3) is 11.6 Å². The van der Waals surface area contributed by atoms with E-state index >= 15 is 0 Å². The number of hydrogen-bond acceptors (Lipinski definition) is 8. The van der Waals surface area contributed by atoms with Crippen molar-refractivity contribution in [3.63, 3.8) is 0 Å². The molecule has 0 aliphatic carbocycles. The molecule has 1 unspecified atom stereocenters. The Kier molecular flexibility index (Phi) is 7.73. The van der Waals surface area contributed by atoms with Crippen molar-refractivity contribution < 1.29 is 19.2 Å². The number of hydrogen-bond donors (Lipinski definition) is 1. The van der Waals surface area contributed by atoms with Gasteiger partial charge in [0.1, 0.15) is 0 Å². The lowest BCUT2D eigenvalue weighted by atomic mass is 9.94. The normalized spacial score (nSPS) is 17.4. The number of nitro benzene ring substituents is 1. The van der Waals surface area contributed by atoms with Gasteiger partial charge in [0, 0.05) is 35.7 Å². The molecule has 9 nitrogen and oxygen atoms in total. The number of ether oxygens (including phenoxy) is 1. The summed E-state index contributed by atoms with van der Waals surface area (Å²) in [6.07, 6.45) is 0.962. The van der Waals surface area contributed by atoms with Crippen LogP contribution in [0.5, 0.6) is 0 Å². The van der Waals surface area contributed by atoms with Crippen LogP contribution in [-0.2, 0) is 9.53 Å². The molecule has 0 spiro atoms. The van der Waals surface area contributed by atoms with Crippen LogP contribution in [-0.4, -0.2) is 45.8 Å². The second-order valence-electron chi connectivity index (χ2n) is 9.07. The quantitative estimate of drug-likeness (QED) is 0.312. The summed E-state index contributed by atoms with van der Waals surface area (Å²) < 4.78 is 5.61. The topological polar surface area (TPSA) is 114 Å². The van der Waals surface area contributed by atoms with E-state index in [4.69, 9.17) is 9.73 Å². The van der Waals surface area contributed by atoms with E-state index in [0.29, 0.717) is 29.1 Å². The fourth-order valence-electron chi connectivity index (χ4n) is 4.12. The molecule has 2 aliphatic rings. The van der Waals surface area contributed by atoms with Gasteiger partial charge in [-0.1, -0.05) is 37.7 Å². The van der Waals surface area contributed by atoms with Gasteiger partial charge in [-0.05, 0) is 49.1 Å². The van der Waals surface area contributed by atoms with Gasteiger partial charge in [0.05, 0.1) is 28.8 Å². The van der Waals surface area contributed by atoms with Crippen LogP contribution in [0.1, 0.15) is 49.2 Å². The van der Waals surface area contributed by atoms with Crippen molar-refractivity contribution in [1.29, 1.82) is 0 Å². The van der Waals surface area contributed by atoms with Crippen molar-refractivity contribution >= 4 is 40.2 Å². The first-order chi connectivity index (χ1) is 17.2. The second kappa shape index (κ2) is 10.9. The van der Waals surface area contributed by atoms with E-state index in [0.717, 1.165) is 29.4 Å². The number of nitrogens with one attached hydrogen (secondary N) is 1. The largest absolute Gasteiger partial charge is 0.462 e. The third kappa shape index (κ3) is 5.59. The maximum Gasteiger partial charge on any atom is 0.338 e. The van der Waals surface area contributed by atoms with Gasteiger partial charge in [-0.15, -0.1) is 0 Å². The summed E-state index contributed by atoms with van der Waals surface area (Å²) >= 11 is 1.67. The third-order valence-electron chi connectivity index (χ3n) is 5.83.